The first-order chi connectivity index (χ1) is 16.7. The van der Waals surface area contributed by atoms with Gasteiger partial charge >= 0.3 is 0 Å². The van der Waals surface area contributed by atoms with Gasteiger partial charge in [-0.2, -0.15) is 0 Å². The van der Waals surface area contributed by atoms with Crippen LogP contribution in [0.2, 0.25) is 0 Å². The number of phenols is 1. The number of aryl methyl sites for hydroxylation is 1. The molecule has 0 saturated carbocycles. The summed E-state index contributed by atoms with van der Waals surface area (Å²) in [4.78, 5) is 11.0. The quantitative estimate of drug-likeness (QED) is 0.292. The van der Waals surface area contributed by atoms with Crippen molar-refractivity contribution in [2.75, 3.05) is 0 Å². The second-order valence-electron chi connectivity index (χ2n) is 11.2. The summed E-state index contributed by atoms with van der Waals surface area (Å²) in [5.41, 5.74) is 9.21. The number of hydrogen-bond acceptors (Lipinski definition) is 2. The van der Waals surface area contributed by atoms with Gasteiger partial charge in [0.1, 0.15) is 12.0 Å². The Balaban J connectivity index is 0.000000152. The lowest BCUT2D eigenvalue weighted by Gasteiger charge is -2.36. The topological polar surface area (TPSA) is 37.3 Å². The maximum Gasteiger partial charge on any atom is 0.150 e. The highest BCUT2D eigenvalue weighted by molar-refractivity contribution is 5.96. The van der Waals surface area contributed by atoms with Crippen LogP contribution in [0.1, 0.15) is 79.6 Å². The predicted octanol–water partition coefficient (Wildman–Crippen LogP) is 8.22. The van der Waals surface area contributed by atoms with Gasteiger partial charge in [0.2, 0.25) is 0 Å². The summed E-state index contributed by atoms with van der Waals surface area (Å²) in [6.45, 7) is 8.76. The van der Waals surface area contributed by atoms with Crippen LogP contribution < -0.4 is 0 Å². The van der Waals surface area contributed by atoms with Crippen molar-refractivity contribution in [3.63, 3.8) is 0 Å². The summed E-state index contributed by atoms with van der Waals surface area (Å²) in [5.74, 6) is 0.355. The van der Waals surface area contributed by atoms with Crippen LogP contribution in [0.15, 0.2) is 78.4 Å². The van der Waals surface area contributed by atoms with Gasteiger partial charge in [-0.3, -0.25) is 4.79 Å². The molecule has 3 aliphatic carbocycles. The zero-order valence-corrected chi connectivity index (χ0v) is 21.2. The third-order valence-electron chi connectivity index (χ3n) is 7.85. The Bertz CT molecular complexity index is 1410. The summed E-state index contributed by atoms with van der Waals surface area (Å²) in [5, 5.41) is 12.0. The van der Waals surface area contributed by atoms with E-state index in [-0.39, 0.29) is 10.8 Å². The maximum atomic E-state index is 11.0. The van der Waals surface area contributed by atoms with Gasteiger partial charge in [-0.05, 0) is 82.5 Å². The Morgan fingerprint density at radius 1 is 0.829 bits per heavy atom. The van der Waals surface area contributed by atoms with E-state index < -0.39 is 0 Å². The minimum Gasteiger partial charge on any atom is -0.508 e. The SMILES string of the molecule is CC1(C)C=CC(C)(C)c2cc(O)ccc21.O=Cc1ccc2ccc3c(c2c1)CCC1=C3C=CCC1. The van der Waals surface area contributed by atoms with Gasteiger partial charge in [0, 0.05) is 16.4 Å². The highest BCUT2D eigenvalue weighted by Crippen LogP contribution is 2.42. The molecule has 3 aromatic carbocycles. The molecule has 3 aromatic rings. The molecule has 0 unspecified atom stereocenters. The van der Waals surface area contributed by atoms with E-state index in [1.54, 1.807) is 11.6 Å². The highest BCUT2D eigenvalue weighted by Gasteiger charge is 2.32. The number of allylic oxidation sites excluding steroid dienone is 6. The summed E-state index contributed by atoms with van der Waals surface area (Å²) < 4.78 is 0. The minimum atomic E-state index is 0.0175. The van der Waals surface area contributed by atoms with Gasteiger partial charge in [0.25, 0.3) is 0 Å². The van der Waals surface area contributed by atoms with Crippen molar-refractivity contribution >= 4 is 22.6 Å². The molecule has 178 valence electrons. The van der Waals surface area contributed by atoms with Gasteiger partial charge in [-0.15, -0.1) is 0 Å². The Hall–Kier alpha value is -3.39. The molecule has 0 fully saturated rings. The van der Waals surface area contributed by atoms with Crippen LogP contribution in [0.5, 0.6) is 5.75 Å². The zero-order valence-electron chi connectivity index (χ0n) is 21.2. The van der Waals surface area contributed by atoms with Crippen LogP contribution >= 0.6 is 0 Å². The maximum absolute atomic E-state index is 11.0. The number of rotatable bonds is 1. The van der Waals surface area contributed by atoms with Crippen molar-refractivity contribution < 1.29 is 9.90 Å². The Morgan fingerprint density at radius 3 is 2.34 bits per heavy atom. The summed E-state index contributed by atoms with van der Waals surface area (Å²) in [7, 11) is 0. The number of aldehydes is 1. The average Bonchev–Trinajstić information content (AvgIpc) is 2.86. The number of hydrogen-bond donors (Lipinski definition) is 1. The molecule has 0 radical (unpaired) electrons. The summed E-state index contributed by atoms with van der Waals surface area (Å²) >= 11 is 0. The smallest absolute Gasteiger partial charge is 0.150 e. The molecular weight excluding hydrogens is 428 g/mol. The van der Waals surface area contributed by atoms with Crippen LogP contribution in [0.3, 0.4) is 0 Å². The number of carbonyl (C=O) groups excluding carboxylic acids is 1. The number of fused-ring (bicyclic) bond motifs is 5. The van der Waals surface area contributed by atoms with Crippen molar-refractivity contribution in [2.45, 2.75) is 64.2 Å². The Morgan fingerprint density at radius 2 is 1.57 bits per heavy atom. The van der Waals surface area contributed by atoms with E-state index in [4.69, 9.17) is 0 Å². The first-order valence-electron chi connectivity index (χ1n) is 12.6. The molecule has 0 aliphatic heterocycles. The fourth-order valence-electron chi connectivity index (χ4n) is 5.74. The number of carbonyl (C=O) groups is 1. The molecule has 6 rings (SSSR count). The largest absolute Gasteiger partial charge is 0.508 e. The Kier molecular flexibility index (Phi) is 5.79. The van der Waals surface area contributed by atoms with E-state index in [9.17, 15) is 9.90 Å². The molecule has 3 aliphatic rings. The third-order valence-corrected chi connectivity index (χ3v) is 7.85. The zero-order chi connectivity index (χ0) is 24.8. The molecule has 0 atom stereocenters. The van der Waals surface area contributed by atoms with Crippen LogP contribution in [0.25, 0.3) is 16.3 Å². The van der Waals surface area contributed by atoms with Crippen LogP contribution in [-0.2, 0) is 17.3 Å². The predicted molar refractivity (Wildman–Crippen MR) is 146 cm³/mol. The second kappa shape index (κ2) is 8.68. The minimum absolute atomic E-state index is 0.0175. The third kappa shape index (κ3) is 4.27. The van der Waals surface area contributed by atoms with E-state index in [2.05, 4.69) is 70.2 Å². The number of aromatic hydroxyl groups is 1. The second-order valence-corrected chi connectivity index (χ2v) is 11.2. The molecule has 35 heavy (non-hydrogen) atoms. The molecule has 2 heteroatoms. The molecule has 0 saturated heterocycles. The normalized spacial score (nSPS) is 18.7. The Labute approximate surface area is 208 Å². The van der Waals surface area contributed by atoms with Gasteiger partial charge in [0.05, 0.1) is 0 Å². The van der Waals surface area contributed by atoms with Crippen molar-refractivity contribution in [3.05, 3.63) is 106 Å². The first-order valence-corrected chi connectivity index (χ1v) is 12.6. The van der Waals surface area contributed by atoms with Gasteiger partial charge in [0.15, 0.2) is 0 Å². The molecule has 2 nitrogen and oxygen atoms in total. The lowest BCUT2D eigenvalue weighted by atomic mass is 9.68. The van der Waals surface area contributed by atoms with Gasteiger partial charge in [-0.25, -0.2) is 0 Å². The summed E-state index contributed by atoms with van der Waals surface area (Å²) in [6, 6.07) is 16.1. The van der Waals surface area contributed by atoms with Crippen LogP contribution in [0, 0.1) is 0 Å². The van der Waals surface area contributed by atoms with E-state index in [1.165, 1.54) is 51.4 Å². The molecule has 0 aromatic heterocycles. The molecule has 0 bridgehead atoms. The fraction of sp³-hybridized carbons (Fsp3) is 0.303. The van der Waals surface area contributed by atoms with Gasteiger partial charge < -0.3 is 5.11 Å². The van der Waals surface area contributed by atoms with Crippen LogP contribution in [0.4, 0.5) is 0 Å². The van der Waals surface area contributed by atoms with E-state index in [0.29, 0.717) is 5.75 Å². The highest BCUT2D eigenvalue weighted by atomic mass is 16.3. The van der Waals surface area contributed by atoms with Crippen molar-refractivity contribution in [1.82, 2.24) is 0 Å². The monoisotopic (exact) mass is 462 g/mol. The number of benzene rings is 3. The lowest BCUT2D eigenvalue weighted by molar-refractivity contribution is 0.112. The van der Waals surface area contributed by atoms with E-state index in [1.807, 2.05) is 24.3 Å². The molecule has 1 N–H and O–H groups in total. The first kappa shape index (κ1) is 23.4. The van der Waals surface area contributed by atoms with Crippen molar-refractivity contribution in [1.29, 1.82) is 0 Å². The van der Waals surface area contributed by atoms with Gasteiger partial charge in [-0.1, -0.05) is 87.9 Å². The van der Waals surface area contributed by atoms with Crippen LogP contribution in [-0.4, -0.2) is 11.4 Å². The van der Waals surface area contributed by atoms with E-state index >= 15 is 0 Å². The molecular formula is C33H34O2. The van der Waals surface area contributed by atoms with Crippen molar-refractivity contribution in [3.8, 4) is 5.75 Å². The number of phenolic OH excluding ortho intramolecular Hbond substituents is 1. The fourth-order valence-corrected chi connectivity index (χ4v) is 5.74. The lowest BCUT2D eigenvalue weighted by Crippen LogP contribution is -2.28. The average molecular weight is 463 g/mol. The van der Waals surface area contributed by atoms with Crippen molar-refractivity contribution in [2.24, 2.45) is 0 Å². The molecule has 0 heterocycles. The molecule has 0 spiro atoms. The summed E-state index contributed by atoms with van der Waals surface area (Å²) in [6.07, 6.45) is 14.6. The molecule has 0 amide bonds. The standard InChI is InChI=1S/C19H16O.C14H18O/c20-12-13-5-6-15-8-9-17-16-4-2-1-3-14(16)7-10-18(17)19(15)11-13;1-13(2)7-8-14(3,4)12-9-10(15)5-6-11(12)13/h2,4-6,8-9,11-12H,1,3,7,10H2;5-9,15H,1-4H3. The van der Waals surface area contributed by atoms with E-state index in [0.717, 1.165) is 24.7 Å².